The maximum Gasteiger partial charge on any atom is 0.227 e. The van der Waals surface area contributed by atoms with Gasteiger partial charge in [0.05, 0.1) is 7.11 Å². The van der Waals surface area contributed by atoms with E-state index in [4.69, 9.17) is 15.0 Å². The quantitative estimate of drug-likeness (QED) is 0.792. The van der Waals surface area contributed by atoms with Crippen molar-refractivity contribution in [2.45, 2.75) is 32.6 Å². The Labute approximate surface area is 123 Å². The summed E-state index contributed by atoms with van der Waals surface area (Å²) in [5.41, 5.74) is 6.19. The van der Waals surface area contributed by atoms with Gasteiger partial charge >= 0.3 is 0 Å². The van der Waals surface area contributed by atoms with Gasteiger partial charge < -0.3 is 15.0 Å². The third-order valence-corrected chi connectivity index (χ3v) is 3.47. The van der Waals surface area contributed by atoms with Gasteiger partial charge in [-0.25, -0.2) is 9.97 Å². The lowest BCUT2D eigenvalue weighted by Crippen LogP contribution is -2.09. The first kappa shape index (κ1) is 15.4. The summed E-state index contributed by atoms with van der Waals surface area (Å²) < 4.78 is 10.3. The molecule has 0 aliphatic carbocycles. The van der Waals surface area contributed by atoms with Crippen molar-refractivity contribution in [3.63, 3.8) is 0 Å². The topological polar surface area (TPSA) is 100.0 Å². The first-order valence-corrected chi connectivity index (χ1v) is 7.15. The van der Waals surface area contributed by atoms with Crippen molar-refractivity contribution >= 4 is 0 Å². The number of hydrogen-bond donors (Lipinski definition) is 1. The number of hydrogen-bond acceptors (Lipinski definition) is 7. The first-order chi connectivity index (χ1) is 10.3. The lowest BCUT2D eigenvalue weighted by Gasteiger charge is -2.11. The fourth-order valence-corrected chi connectivity index (χ4v) is 2.15. The Morgan fingerprint density at radius 2 is 2.19 bits per heavy atom. The van der Waals surface area contributed by atoms with Crippen LogP contribution >= 0.6 is 0 Å². The summed E-state index contributed by atoms with van der Waals surface area (Å²) >= 11 is 0. The zero-order chi connectivity index (χ0) is 15.1. The molecule has 0 aromatic carbocycles. The van der Waals surface area contributed by atoms with Crippen LogP contribution in [0.25, 0.3) is 11.5 Å². The van der Waals surface area contributed by atoms with Crippen molar-refractivity contribution in [2.24, 2.45) is 11.7 Å². The molecule has 2 heterocycles. The molecule has 0 saturated heterocycles. The summed E-state index contributed by atoms with van der Waals surface area (Å²) in [5.74, 6) is 2.15. The molecule has 2 aromatic heterocycles. The van der Waals surface area contributed by atoms with Crippen LogP contribution in [0.5, 0.6) is 5.88 Å². The van der Waals surface area contributed by atoms with Gasteiger partial charge in [-0.05, 0) is 25.3 Å². The van der Waals surface area contributed by atoms with Crippen molar-refractivity contribution in [1.82, 2.24) is 20.1 Å². The highest BCUT2D eigenvalue weighted by Crippen LogP contribution is 2.19. The molecular formula is C14H21N5O2. The number of aromatic nitrogens is 4. The van der Waals surface area contributed by atoms with Gasteiger partial charge in [0.2, 0.25) is 17.6 Å². The number of nitrogens with zero attached hydrogens (tertiary/aromatic N) is 4. The van der Waals surface area contributed by atoms with Crippen LogP contribution in [0.1, 0.15) is 32.1 Å². The molecule has 0 amide bonds. The Morgan fingerprint density at radius 1 is 1.33 bits per heavy atom. The van der Waals surface area contributed by atoms with Crippen LogP contribution in [0.3, 0.4) is 0 Å². The lowest BCUT2D eigenvalue weighted by molar-refractivity contribution is 0.354. The minimum absolute atomic E-state index is 0.456. The van der Waals surface area contributed by atoms with E-state index >= 15 is 0 Å². The van der Waals surface area contributed by atoms with Crippen LogP contribution < -0.4 is 10.5 Å². The Hall–Kier alpha value is -2.02. The normalized spacial score (nSPS) is 12.3. The van der Waals surface area contributed by atoms with Crippen molar-refractivity contribution < 1.29 is 9.26 Å². The van der Waals surface area contributed by atoms with Crippen molar-refractivity contribution in [3.05, 3.63) is 18.3 Å². The number of nitrogens with two attached hydrogens (primary N) is 1. The smallest absolute Gasteiger partial charge is 0.227 e. The van der Waals surface area contributed by atoms with Crippen LogP contribution in [0.2, 0.25) is 0 Å². The SMILES string of the molecule is CCC(CCN)CCc1nc(-c2cc(OC)ncn2)no1. The number of aryl methyl sites for hydroxylation is 1. The molecule has 1 unspecified atom stereocenters. The molecule has 2 rings (SSSR count). The molecular weight excluding hydrogens is 270 g/mol. The van der Waals surface area contributed by atoms with Gasteiger partial charge in [0, 0.05) is 12.5 Å². The monoisotopic (exact) mass is 291 g/mol. The van der Waals surface area contributed by atoms with Crippen LogP contribution in [0, 0.1) is 5.92 Å². The highest BCUT2D eigenvalue weighted by atomic mass is 16.5. The first-order valence-electron chi connectivity index (χ1n) is 7.15. The number of ether oxygens (including phenoxy) is 1. The third-order valence-electron chi connectivity index (χ3n) is 3.47. The molecule has 0 saturated carbocycles. The fourth-order valence-electron chi connectivity index (χ4n) is 2.15. The Bertz CT molecular complexity index is 558. The predicted octanol–water partition coefficient (Wildman–Crippen LogP) is 1.84. The second-order valence-electron chi connectivity index (χ2n) is 4.85. The minimum Gasteiger partial charge on any atom is -0.481 e. The van der Waals surface area contributed by atoms with Gasteiger partial charge in [0.1, 0.15) is 12.0 Å². The fraction of sp³-hybridized carbons (Fsp3) is 0.571. The Morgan fingerprint density at radius 3 is 2.90 bits per heavy atom. The van der Waals surface area contributed by atoms with Crippen molar-refractivity contribution in [3.8, 4) is 17.4 Å². The number of rotatable bonds is 8. The maximum atomic E-state index is 5.60. The van der Waals surface area contributed by atoms with E-state index < -0.39 is 0 Å². The average Bonchev–Trinajstić information content (AvgIpc) is 3.00. The molecule has 1 atom stereocenters. The minimum atomic E-state index is 0.456. The van der Waals surface area contributed by atoms with E-state index in [0.717, 1.165) is 25.7 Å². The van der Waals surface area contributed by atoms with Crippen molar-refractivity contribution in [2.75, 3.05) is 13.7 Å². The average molecular weight is 291 g/mol. The summed E-state index contributed by atoms with van der Waals surface area (Å²) in [5, 5.41) is 3.95. The molecule has 2 aromatic rings. The zero-order valence-electron chi connectivity index (χ0n) is 12.5. The molecule has 0 bridgehead atoms. The zero-order valence-corrected chi connectivity index (χ0v) is 12.5. The van der Waals surface area contributed by atoms with Gasteiger partial charge in [0.25, 0.3) is 0 Å². The highest BCUT2D eigenvalue weighted by molar-refractivity contribution is 5.49. The summed E-state index contributed by atoms with van der Waals surface area (Å²) in [6.45, 7) is 2.89. The molecule has 0 spiro atoms. The molecule has 0 aliphatic heterocycles. The van der Waals surface area contributed by atoms with E-state index in [-0.39, 0.29) is 0 Å². The Kier molecular flexibility index (Phi) is 5.62. The van der Waals surface area contributed by atoms with E-state index in [9.17, 15) is 0 Å². The summed E-state index contributed by atoms with van der Waals surface area (Å²) in [6.07, 6.45) is 5.32. The summed E-state index contributed by atoms with van der Waals surface area (Å²) in [6, 6.07) is 1.68. The van der Waals surface area contributed by atoms with E-state index in [1.165, 1.54) is 6.33 Å². The molecule has 7 heteroatoms. The third kappa shape index (κ3) is 4.22. The van der Waals surface area contributed by atoms with E-state index in [0.29, 0.717) is 35.8 Å². The molecule has 0 fully saturated rings. The largest absolute Gasteiger partial charge is 0.481 e. The molecule has 7 nitrogen and oxygen atoms in total. The Balaban J connectivity index is 2.00. The number of methoxy groups -OCH3 is 1. The second-order valence-corrected chi connectivity index (χ2v) is 4.85. The maximum absolute atomic E-state index is 5.60. The summed E-state index contributed by atoms with van der Waals surface area (Å²) in [7, 11) is 1.55. The molecule has 2 N–H and O–H groups in total. The standard InChI is InChI=1S/C14H21N5O2/c1-3-10(6-7-15)4-5-12-18-14(19-21-12)11-8-13(20-2)17-9-16-11/h8-10H,3-7,15H2,1-2H3. The van der Waals surface area contributed by atoms with Crippen molar-refractivity contribution in [1.29, 1.82) is 0 Å². The predicted molar refractivity (Wildman–Crippen MR) is 77.6 cm³/mol. The van der Waals surface area contributed by atoms with E-state index in [1.807, 2.05) is 0 Å². The molecule has 114 valence electrons. The van der Waals surface area contributed by atoms with Gasteiger partial charge in [-0.2, -0.15) is 4.98 Å². The molecule has 21 heavy (non-hydrogen) atoms. The van der Waals surface area contributed by atoms with Crippen LogP contribution in [0.15, 0.2) is 16.9 Å². The van der Waals surface area contributed by atoms with E-state index in [2.05, 4.69) is 27.0 Å². The second kappa shape index (κ2) is 7.68. The van der Waals surface area contributed by atoms with Crippen LogP contribution in [-0.2, 0) is 6.42 Å². The van der Waals surface area contributed by atoms with Gasteiger partial charge in [-0.15, -0.1) is 0 Å². The highest BCUT2D eigenvalue weighted by Gasteiger charge is 2.13. The molecule has 0 aliphatic rings. The van der Waals surface area contributed by atoms with Crippen LogP contribution in [0.4, 0.5) is 0 Å². The van der Waals surface area contributed by atoms with Gasteiger partial charge in [-0.3, -0.25) is 0 Å². The summed E-state index contributed by atoms with van der Waals surface area (Å²) in [4.78, 5) is 12.4. The van der Waals surface area contributed by atoms with E-state index in [1.54, 1.807) is 13.2 Å². The van der Waals surface area contributed by atoms with Gasteiger partial charge in [-0.1, -0.05) is 18.5 Å². The van der Waals surface area contributed by atoms with Gasteiger partial charge in [0.15, 0.2) is 0 Å². The molecule has 0 radical (unpaired) electrons. The lowest BCUT2D eigenvalue weighted by atomic mass is 9.97. The van der Waals surface area contributed by atoms with Crippen LogP contribution in [-0.4, -0.2) is 33.8 Å².